The van der Waals surface area contributed by atoms with Gasteiger partial charge in [-0.05, 0) is 24.3 Å². The number of aromatic nitrogens is 1. The molecule has 1 saturated carbocycles. The highest BCUT2D eigenvalue weighted by Gasteiger charge is 2.49. The van der Waals surface area contributed by atoms with Crippen LogP contribution in [0, 0.1) is 17.3 Å². The monoisotopic (exact) mass is 535 g/mol. The Morgan fingerprint density at radius 2 is 1.77 bits per heavy atom. The number of aliphatic hydroxyl groups is 1. The van der Waals surface area contributed by atoms with Crippen LogP contribution >= 0.6 is 0 Å². The SMILES string of the molecule is CC(CC1CCCCC1)C(=O)N1CCC(O)(Cn2cc(C(=O)N(C)C)c(-c3ccccc3)cc2=O)C(C)(C)C1. The molecule has 1 aliphatic carbocycles. The lowest BCUT2D eigenvalue weighted by Gasteiger charge is -2.51. The Morgan fingerprint density at radius 3 is 2.38 bits per heavy atom. The Labute approximate surface area is 232 Å². The van der Waals surface area contributed by atoms with Crippen molar-refractivity contribution < 1.29 is 14.7 Å². The van der Waals surface area contributed by atoms with Crippen molar-refractivity contribution >= 4 is 11.8 Å². The summed E-state index contributed by atoms with van der Waals surface area (Å²) in [7, 11) is 3.37. The molecule has 1 aliphatic heterocycles. The predicted molar refractivity (Wildman–Crippen MR) is 154 cm³/mol. The van der Waals surface area contributed by atoms with E-state index in [1.54, 1.807) is 20.3 Å². The summed E-state index contributed by atoms with van der Waals surface area (Å²) in [6, 6.07) is 10.9. The van der Waals surface area contributed by atoms with Crippen molar-refractivity contribution in [1.82, 2.24) is 14.4 Å². The first kappa shape index (κ1) is 29.1. The fraction of sp³-hybridized carbons (Fsp3) is 0.594. The molecule has 2 amide bonds. The lowest BCUT2D eigenvalue weighted by atomic mass is 9.69. The normalized spacial score (nSPS) is 22.4. The highest BCUT2D eigenvalue weighted by Crippen LogP contribution is 2.41. The Hall–Kier alpha value is -2.93. The third kappa shape index (κ3) is 6.29. The van der Waals surface area contributed by atoms with Gasteiger partial charge in [0.25, 0.3) is 11.5 Å². The number of amides is 2. The summed E-state index contributed by atoms with van der Waals surface area (Å²) >= 11 is 0. The zero-order valence-corrected chi connectivity index (χ0v) is 24.3. The number of carbonyl (C=O) groups excluding carboxylic acids is 2. The summed E-state index contributed by atoms with van der Waals surface area (Å²) in [5.74, 6) is 0.570. The largest absolute Gasteiger partial charge is 0.387 e. The minimum Gasteiger partial charge on any atom is -0.387 e. The predicted octanol–water partition coefficient (Wildman–Crippen LogP) is 4.81. The maximum atomic E-state index is 13.4. The number of nitrogens with zero attached hydrogens (tertiary/aromatic N) is 3. The van der Waals surface area contributed by atoms with Gasteiger partial charge in [0.1, 0.15) is 0 Å². The molecule has 1 aromatic heterocycles. The Morgan fingerprint density at radius 1 is 1.10 bits per heavy atom. The van der Waals surface area contributed by atoms with Crippen LogP contribution in [-0.2, 0) is 11.3 Å². The molecular weight excluding hydrogens is 490 g/mol. The second kappa shape index (κ2) is 11.7. The molecular formula is C32H45N3O4. The molecule has 0 spiro atoms. The van der Waals surface area contributed by atoms with Crippen LogP contribution in [0.3, 0.4) is 0 Å². The molecule has 0 bridgehead atoms. The van der Waals surface area contributed by atoms with E-state index in [-0.39, 0.29) is 29.8 Å². The summed E-state index contributed by atoms with van der Waals surface area (Å²) in [6.07, 6.45) is 9.17. The quantitative estimate of drug-likeness (QED) is 0.552. The molecule has 2 atom stereocenters. The fourth-order valence-corrected chi connectivity index (χ4v) is 6.42. The second-order valence-corrected chi connectivity index (χ2v) is 12.7. The molecule has 2 aliphatic rings. The van der Waals surface area contributed by atoms with Crippen molar-refractivity contribution in [3.8, 4) is 11.1 Å². The molecule has 1 N–H and O–H groups in total. The van der Waals surface area contributed by atoms with Gasteiger partial charge >= 0.3 is 0 Å². The van der Waals surface area contributed by atoms with Crippen molar-refractivity contribution in [3.63, 3.8) is 0 Å². The highest BCUT2D eigenvalue weighted by molar-refractivity contribution is 6.00. The van der Waals surface area contributed by atoms with Gasteiger partial charge in [0.2, 0.25) is 5.91 Å². The van der Waals surface area contributed by atoms with Gasteiger partial charge in [-0.3, -0.25) is 14.4 Å². The third-order valence-corrected chi connectivity index (χ3v) is 9.07. The molecule has 1 aromatic carbocycles. The Bertz CT molecular complexity index is 1230. The van der Waals surface area contributed by atoms with E-state index in [1.807, 2.05) is 56.0 Å². The van der Waals surface area contributed by atoms with Gasteiger partial charge in [-0.25, -0.2) is 0 Å². The van der Waals surface area contributed by atoms with Crippen molar-refractivity contribution in [2.45, 2.75) is 77.9 Å². The van der Waals surface area contributed by atoms with Gasteiger partial charge < -0.3 is 19.5 Å². The molecule has 1 saturated heterocycles. The smallest absolute Gasteiger partial charge is 0.255 e. The average Bonchev–Trinajstić information content (AvgIpc) is 2.91. The van der Waals surface area contributed by atoms with E-state index in [0.717, 1.165) is 12.0 Å². The molecule has 2 aromatic rings. The first-order chi connectivity index (χ1) is 18.4. The zero-order valence-electron chi connectivity index (χ0n) is 24.3. The molecule has 212 valence electrons. The van der Waals surface area contributed by atoms with Crippen LogP contribution in [-0.4, -0.2) is 64.1 Å². The molecule has 2 unspecified atom stereocenters. The number of pyridine rings is 1. The molecule has 39 heavy (non-hydrogen) atoms. The lowest BCUT2D eigenvalue weighted by molar-refractivity contribution is -0.157. The van der Waals surface area contributed by atoms with E-state index in [9.17, 15) is 19.5 Å². The second-order valence-electron chi connectivity index (χ2n) is 12.7. The van der Waals surface area contributed by atoms with Gasteiger partial charge in [0, 0.05) is 56.3 Å². The van der Waals surface area contributed by atoms with Crippen LogP contribution in [0.4, 0.5) is 0 Å². The van der Waals surface area contributed by atoms with Crippen LogP contribution < -0.4 is 5.56 Å². The van der Waals surface area contributed by atoms with E-state index in [4.69, 9.17) is 0 Å². The lowest BCUT2D eigenvalue weighted by Crippen LogP contribution is -2.61. The molecule has 4 rings (SSSR count). The van der Waals surface area contributed by atoms with Gasteiger partial charge in [-0.15, -0.1) is 0 Å². The summed E-state index contributed by atoms with van der Waals surface area (Å²) in [5, 5.41) is 11.9. The van der Waals surface area contributed by atoms with Crippen molar-refractivity contribution in [2.75, 3.05) is 27.2 Å². The zero-order chi connectivity index (χ0) is 28.4. The number of hydrogen-bond donors (Lipinski definition) is 1. The molecule has 2 fully saturated rings. The number of rotatable bonds is 7. The van der Waals surface area contributed by atoms with E-state index in [0.29, 0.717) is 36.6 Å². The molecule has 7 heteroatoms. The van der Waals surface area contributed by atoms with Crippen molar-refractivity contribution in [2.24, 2.45) is 17.3 Å². The van der Waals surface area contributed by atoms with Crippen molar-refractivity contribution in [1.29, 1.82) is 0 Å². The van der Waals surface area contributed by atoms with Gasteiger partial charge in [-0.2, -0.15) is 0 Å². The maximum absolute atomic E-state index is 13.4. The summed E-state index contributed by atoms with van der Waals surface area (Å²) < 4.78 is 1.47. The van der Waals surface area contributed by atoms with Crippen LogP contribution in [0.2, 0.25) is 0 Å². The summed E-state index contributed by atoms with van der Waals surface area (Å²) in [6.45, 7) is 6.91. The first-order valence-corrected chi connectivity index (χ1v) is 14.4. The van der Waals surface area contributed by atoms with Gasteiger partial charge in [0.05, 0.1) is 17.7 Å². The molecule has 0 radical (unpaired) electrons. The van der Waals surface area contributed by atoms with Crippen molar-refractivity contribution in [3.05, 3.63) is 58.5 Å². The minimum absolute atomic E-state index is 0.0251. The highest BCUT2D eigenvalue weighted by atomic mass is 16.3. The van der Waals surface area contributed by atoms with E-state index >= 15 is 0 Å². The van der Waals surface area contributed by atoms with E-state index in [2.05, 4.69) is 0 Å². The number of benzene rings is 1. The number of carbonyl (C=O) groups is 2. The summed E-state index contributed by atoms with van der Waals surface area (Å²) in [5.41, 5.74) is -0.347. The van der Waals surface area contributed by atoms with E-state index in [1.165, 1.54) is 47.6 Å². The topological polar surface area (TPSA) is 82.8 Å². The average molecular weight is 536 g/mol. The molecule has 7 nitrogen and oxygen atoms in total. The number of likely N-dealkylation sites (tertiary alicyclic amines) is 1. The Kier molecular flexibility index (Phi) is 8.69. The van der Waals surface area contributed by atoms with Crippen LogP contribution in [0.1, 0.15) is 76.1 Å². The fourth-order valence-electron chi connectivity index (χ4n) is 6.42. The van der Waals surface area contributed by atoms with Gasteiger partial charge in [-0.1, -0.05) is 83.2 Å². The van der Waals surface area contributed by atoms with Crippen LogP contribution in [0.25, 0.3) is 11.1 Å². The minimum atomic E-state index is -1.22. The van der Waals surface area contributed by atoms with Crippen LogP contribution in [0.5, 0.6) is 0 Å². The maximum Gasteiger partial charge on any atom is 0.255 e. The van der Waals surface area contributed by atoms with Gasteiger partial charge in [0.15, 0.2) is 0 Å². The molecule has 2 heterocycles. The van der Waals surface area contributed by atoms with Crippen LogP contribution in [0.15, 0.2) is 47.4 Å². The van der Waals surface area contributed by atoms with E-state index < -0.39 is 11.0 Å². The summed E-state index contributed by atoms with van der Waals surface area (Å²) in [4.78, 5) is 43.2. The first-order valence-electron chi connectivity index (χ1n) is 14.4. The third-order valence-electron chi connectivity index (χ3n) is 9.07. The standard InChI is InChI=1S/C32H45N3O4/c1-23(18-24-12-8-6-9-13-24)29(37)34-17-16-32(39,31(2,3)21-34)22-35-20-27(30(38)33(4)5)26(19-28(35)36)25-14-10-7-11-15-25/h7,10-11,14-15,19-20,23-24,39H,6,8-9,12-13,16-18,21-22H2,1-5H3. The number of piperidine rings is 1. The number of hydrogen-bond acceptors (Lipinski definition) is 4. The Balaban J connectivity index is 1.54.